The highest BCUT2D eigenvalue weighted by molar-refractivity contribution is 7.90. The lowest BCUT2D eigenvalue weighted by molar-refractivity contribution is -0.133. The van der Waals surface area contributed by atoms with Crippen molar-refractivity contribution in [3.05, 3.63) is 35.4 Å². The van der Waals surface area contributed by atoms with E-state index in [-0.39, 0.29) is 18.1 Å². The Kier molecular flexibility index (Phi) is 3.91. The van der Waals surface area contributed by atoms with Crippen molar-refractivity contribution in [1.82, 2.24) is 4.90 Å². The van der Waals surface area contributed by atoms with Gasteiger partial charge in [0.15, 0.2) is 0 Å². The van der Waals surface area contributed by atoms with Gasteiger partial charge in [-0.2, -0.15) is 0 Å². The van der Waals surface area contributed by atoms with Gasteiger partial charge in [-0.3, -0.25) is 4.79 Å². The van der Waals surface area contributed by atoms with Gasteiger partial charge in [-0.1, -0.05) is 24.3 Å². The molecule has 5 nitrogen and oxygen atoms in total. The van der Waals surface area contributed by atoms with Crippen molar-refractivity contribution in [3.8, 4) is 0 Å². The molecule has 2 N–H and O–H groups in total. The molecule has 1 aliphatic rings. The van der Waals surface area contributed by atoms with Gasteiger partial charge in [0.2, 0.25) is 5.91 Å². The van der Waals surface area contributed by atoms with Gasteiger partial charge in [0.05, 0.1) is 11.8 Å². The predicted octanol–water partition coefficient (Wildman–Crippen LogP) is 0.291. The average Bonchev–Trinajstić information content (AvgIpc) is 2.77. The van der Waals surface area contributed by atoms with E-state index in [1.54, 1.807) is 4.90 Å². The fourth-order valence-electron chi connectivity index (χ4n) is 2.19. The first-order chi connectivity index (χ1) is 8.87. The smallest absolute Gasteiger partial charge is 0.240 e. The van der Waals surface area contributed by atoms with Crippen LogP contribution in [0.3, 0.4) is 0 Å². The molecule has 0 radical (unpaired) electrons. The molecular formula is C13H18N2O3S. The van der Waals surface area contributed by atoms with Crippen LogP contribution in [0.5, 0.6) is 0 Å². The van der Waals surface area contributed by atoms with Crippen LogP contribution in [0.4, 0.5) is 0 Å². The number of fused-ring (bicyclic) bond motifs is 1. The van der Waals surface area contributed by atoms with Gasteiger partial charge in [0.1, 0.15) is 9.84 Å². The van der Waals surface area contributed by atoms with Crippen molar-refractivity contribution < 1.29 is 13.2 Å². The Morgan fingerprint density at radius 1 is 1.32 bits per heavy atom. The zero-order chi connectivity index (χ0) is 14.0. The largest absolute Gasteiger partial charge is 0.333 e. The van der Waals surface area contributed by atoms with Crippen molar-refractivity contribution in [2.24, 2.45) is 5.73 Å². The highest BCUT2D eigenvalue weighted by Gasteiger charge is 2.27. The SMILES string of the molecule is CS(=O)(=O)CCC(N)C(=O)N1Cc2ccccc2C1. The van der Waals surface area contributed by atoms with E-state index in [2.05, 4.69) is 0 Å². The molecule has 1 amide bonds. The predicted molar refractivity (Wildman–Crippen MR) is 73.0 cm³/mol. The fraction of sp³-hybridized carbons (Fsp3) is 0.462. The second-order valence-electron chi connectivity index (χ2n) is 4.99. The Hall–Kier alpha value is -1.40. The molecule has 0 fully saturated rings. The summed E-state index contributed by atoms with van der Waals surface area (Å²) in [7, 11) is -3.08. The van der Waals surface area contributed by atoms with Crippen molar-refractivity contribution in [3.63, 3.8) is 0 Å². The number of hydrogen-bond acceptors (Lipinski definition) is 4. The second-order valence-corrected chi connectivity index (χ2v) is 7.25. The molecule has 0 aliphatic carbocycles. The molecule has 0 bridgehead atoms. The van der Waals surface area contributed by atoms with Crippen LogP contribution in [0.25, 0.3) is 0 Å². The molecule has 1 aliphatic heterocycles. The number of nitrogens with zero attached hydrogens (tertiary/aromatic N) is 1. The molecule has 0 spiro atoms. The van der Waals surface area contributed by atoms with Crippen LogP contribution < -0.4 is 5.73 Å². The summed E-state index contributed by atoms with van der Waals surface area (Å²) in [6.07, 6.45) is 1.32. The van der Waals surface area contributed by atoms with Crippen LogP contribution in [-0.4, -0.2) is 37.3 Å². The molecule has 0 aromatic heterocycles. The summed E-state index contributed by atoms with van der Waals surface area (Å²) in [5.41, 5.74) is 8.04. The molecule has 1 aromatic rings. The van der Waals surface area contributed by atoms with Gasteiger partial charge in [0.25, 0.3) is 0 Å². The van der Waals surface area contributed by atoms with Crippen LogP contribution in [0.2, 0.25) is 0 Å². The molecule has 0 saturated carbocycles. The van der Waals surface area contributed by atoms with Crippen LogP contribution in [0, 0.1) is 0 Å². The standard InChI is InChI=1S/C13H18N2O3S/c1-19(17,18)7-6-12(14)13(16)15-8-10-4-2-3-5-11(10)9-15/h2-5,12H,6-9,14H2,1H3. The number of carbonyl (C=O) groups is 1. The summed E-state index contributed by atoms with van der Waals surface area (Å²) in [4.78, 5) is 13.8. The van der Waals surface area contributed by atoms with Crippen LogP contribution in [0.15, 0.2) is 24.3 Å². The minimum atomic E-state index is -3.08. The number of amides is 1. The van der Waals surface area contributed by atoms with E-state index >= 15 is 0 Å². The number of benzene rings is 1. The molecule has 6 heteroatoms. The van der Waals surface area contributed by atoms with Crippen molar-refractivity contribution >= 4 is 15.7 Å². The minimum absolute atomic E-state index is 0.0549. The molecule has 1 unspecified atom stereocenters. The highest BCUT2D eigenvalue weighted by atomic mass is 32.2. The molecular weight excluding hydrogens is 264 g/mol. The van der Waals surface area contributed by atoms with E-state index in [4.69, 9.17) is 5.73 Å². The zero-order valence-electron chi connectivity index (χ0n) is 10.9. The lowest BCUT2D eigenvalue weighted by Gasteiger charge is -2.20. The quantitative estimate of drug-likeness (QED) is 0.860. The van der Waals surface area contributed by atoms with Crippen molar-refractivity contribution in [1.29, 1.82) is 0 Å². The van der Waals surface area contributed by atoms with Gasteiger partial charge >= 0.3 is 0 Å². The highest BCUT2D eigenvalue weighted by Crippen LogP contribution is 2.22. The van der Waals surface area contributed by atoms with E-state index in [0.29, 0.717) is 13.1 Å². The summed E-state index contributed by atoms with van der Waals surface area (Å²) in [5.74, 6) is -0.236. The summed E-state index contributed by atoms with van der Waals surface area (Å²) < 4.78 is 22.2. The van der Waals surface area contributed by atoms with Gasteiger partial charge in [0, 0.05) is 19.3 Å². The third-order valence-electron chi connectivity index (χ3n) is 3.27. The van der Waals surface area contributed by atoms with Gasteiger partial charge < -0.3 is 10.6 Å². The van der Waals surface area contributed by atoms with Gasteiger partial charge in [-0.15, -0.1) is 0 Å². The van der Waals surface area contributed by atoms with E-state index in [1.807, 2.05) is 24.3 Å². The molecule has 1 aromatic carbocycles. The summed E-state index contributed by atoms with van der Waals surface area (Å²) in [6, 6.07) is 7.12. The van der Waals surface area contributed by atoms with Crippen LogP contribution in [-0.2, 0) is 27.7 Å². The third kappa shape index (κ3) is 3.54. The number of nitrogens with two attached hydrogens (primary N) is 1. The van der Waals surface area contributed by atoms with Gasteiger partial charge in [-0.25, -0.2) is 8.42 Å². The molecule has 0 saturated heterocycles. The lowest BCUT2D eigenvalue weighted by Crippen LogP contribution is -2.42. The van der Waals surface area contributed by atoms with E-state index in [0.717, 1.165) is 17.4 Å². The maximum atomic E-state index is 12.1. The fourth-order valence-corrected chi connectivity index (χ4v) is 2.87. The Morgan fingerprint density at radius 2 is 1.84 bits per heavy atom. The molecule has 104 valence electrons. The Bertz CT molecular complexity index is 558. The minimum Gasteiger partial charge on any atom is -0.333 e. The molecule has 2 rings (SSSR count). The maximum Gasteiger partial charge on any atom is 0.240 e. The van der Waals surface area contributed by atoms with E-state index in [1.165, 1.54) is 0 Å². The number of rotatable bonds is 4. The maximum absolute atomic E-state index is 12.1. The van der Waals surface area contributed by atoms with E-state index in [9.17, 15) is 13.2 Å². The normalized spacial score (nSPS) is 16.2. The molecule has 1 heterocycles. The Morgan fingerprint density at radius 3 is 2.32 bits per heavy atom. The number of hydrogen-bond donors (Lipinski definition) is 1. The van der Waals surface area contributed by atoms with Crippen molar-refractivity contribution in [2.45, 2.75) is 25.6 Å². The first-order valence-corrected chi connectivity index (χ1v) is 8.22. The van der Waals surface area contributed by atoms with Gasteiger partial charge in [-0.05, 0) is 17.5 Å². The molecule has 19 heavy (non-hydrogen) atoms. The zero-order valence-corrected chi connectivity index (χ0v) is 11.7. The summed E-state index contributed by atoms with van der Waals surface area (Å²) in [6.45, 7) is 1.11. The summed E-state index contributed by atoms with van der Waals surface area (Å²) >= 11 is 0. The van der Waals surface area contributed by atoms with Crippen LogP contribution >= 0.6 is 0 Å². The summed E-state index contributed by atoms with van der Waals surface area (Å²) in [5, 5.41) is 0. The lowest BCUT2D eigenvalue weighted by atomic mass is 10.1. The Labute approximate surface area is 113 Å². The first kappa shape index (κ1) is 14.0. The monoisotopic (exact) mass is 282 g/mol. The number of sulfone groups is 1. The molecule has 1 atom stereocenters. The number of carbonyl (C=O) groups excluding carboxylic acids is 1. The Balaban J connectivity index is 1.95. The topological polar surface area (TPSA) is 80.5 Å². The van der Waals surface area contributed by atoms with Crippen molar-refractivity contribution in [2.75, 3.05) is 12.0 Å². The third-order valence-corrected chi connectivity index (χ3v) is 4.25. The van der Waals surface area contributed by atoms with Crippen LogP contribution in [0.1, 0.15) is 17.5 Å². The second kappa shape index (κ2) is 5.30. The van der Waals surface area contributed by atoms with E-state index < -0.39 is 15.9 Å². The first-order valence-electron chi connectivity index (χ1n) is 6.16. The average molecular weight is 282 g/mol.